The summed E-state index contributed by atoms with van der Waals surface area (Å²) in [6.07, 6.45) is 1.82. The van der Waals surface area contributed by atoms with Crippen molar-refractivity contribution in [3.05, 3.63) is 29.8 Å². The van der Waals surface area contributed by atoms with Gasteiger partial charge in [0, 0.05) is 17.1 Å². The van der Waals surface area contributed by atoms with Crippen LogP contribution in [0.25, 0.3) is 0 Å². The first-order valence-electron chi connectivity index (χ1n) is 7.47. The van der Waals surface area contributed by atoms with Gasteiger partial charge < -0.3 is 10.1 Å². The van der Waals surface area contributed by atoms with Crippen LogP contribution in [0.1, 0.15) is 5.56 Å². The van der Waals surface area contributed by atoms with Crippen molar-refractivity contribution in [2.24, 2.45) is 4.99 Å². The van der Waals surface area contributed by atoms with Crippen molar-refractivity contribution in [1.29, 1.82) is 5.26 Å². The number of nitrogens with zero attached hydrogens (tertiary/aromatic N) is 2. The van der Waals surface area contributed by atoms with Crippen LogP contribution in [-0.2, 0) is 20.6 Å². The number of ether oxygens (including phenoxy) is 1. The summed E-state index contributed by atoms with van der Waals surface area (Å²) >= 11 is 1.22. The number of sulfonamides is 1. The number of rotatable bonds is 11. The summed E-state index contributed by atoms with van der Waals surface area (Å²) < 4.78 is 53.4. The average Bonchev–Trinajstić information content (AvgIpc) is 2.58. The number of carbonyl (C=O) groups excluding carboxylic acids is 1. The van der Waals surface area contributed by atoms with Gasteiger partial charge in [0.05, 0.1) is 18.7 Å². The monoisotopic (exact) mass is 420 g/mol. The largest absolute Gasteiger partial charge is 0.435 e. The van der Waals surface area contributed by atoms with Gasteiger partial charge in [0.1, 0.15) is 18.3 Å². The number of carbonyl (C=O) groups is 1. The number of aliphatic imine (C=N–C) groups is 1. The molecule has 8 nitrogen and oxygen atoms in total. The number of hydrogen-bond acceptors (Lipinski definition) is 7. The molecule has 0 radical (unpaired) electrons. The van der Waals surface area contributed by atoms with E-state index in [4.69, 9.17) is 5.26 Å². The molecule has 0 heterocycles. The number of amides is 1. The molecule has 0 saturated heterocycles. The van der Waals surface area contributed by atoms with Crippen molar-refractivity contribution in [3.8, 4) is 11.8 Å². The number of benzene rings is 1. The first-order chi connectivity index (χ1) is 12.7. The van der Waals surface area contributed by atoms with E-state index in [-0.39, 0.29) is 23.8 Å². The molecule has 0 aliphatic rings. The van der Waals surface area contributed by atoms with E-state index >= 15 is 0 Å². The smallest absolute Gasteiger partial charge is 0.387 e. The van der Waals surface area contributed by atoms with Gasteiger partial charge in [0.2, 0.25) is 15.9 Å². The van der Waals surface area contributed by atoms with Gasteiger partial charge in [-0.25, -0.2) is 8.42 Å². The Bertz CT molecular complexity index is 797. The molecule has 148 valence electrons. The fourth-order valence-electron chi connectivity index (χ4n) is 1.76. The minimum Gasteiger partial charge on any atom is -0.435 e. The lowest BCUT2D eigenvalue weighted by atomic mass is 10.2. The van der Waals surface area contributed by atoms with Crippen LogP contribution >= 0.6 is 11.8 Å². The molecular weight excluding hydrogens is 402 g/mol. The summed E-state index contributed by atoms with van der Waals surface area (Å²) in [5, 5.41) is 10.9. The summed E-state index contributed by atoms with van der Waals surface area (Å²) in [5.74, 6) is -0.136. The molecule has 0 unspecified atom stereocenters. The number of nitriles is 1. The molecule has 12 heteroatoms. The zero-order valence-corrected chi connectivity index (χ0v) is 15.9. The number of nitrogens with one attached hydrogen (secondary N) is 2. The van der Waals surface area contributed by atoms with Crippen molar-refractivity contribution >= 4 is 34.0 Å². The second-order valence-electron chi connectivity index (χ2n) is 5.06. The van der Waals surface area contributed by atoms with E-state index in [1.54, 1.807) is 24.3 Å². The first kappa shape index (κ1) is 22.7. The number of hydrogen-bond donors (Lipinski definition) is 2. The Morgan fingerprint density at radius 2 is 2.15 bits per heavy atom. The van der Waals surface area contributed by atoms with E-state index in [0.29, 0.717) is 5.56 Å². The van der Waals surface area contributed by atoms with Crippen molar-refractivity contribution in [3.63, 3.8) is 0 Å². The highest BCUT2D eigenvalue weighted by atomic mass is 32.2. The Hall–Kier alpha value is -2.39. The fraction of sp³-hybridized carbons (Fsp3) is 0.400. The normalized spacial score (nSPS) is 12.6. The lowest BCUT2D eigenvalue weighted by Crippen LogP contribution is -2.36. The van der Waals surface area contributed by atoms with Crippen molar-refractivity contribution in [1.82, 2.24) is 10.0 Å². The van der Waals surface area contributed by atoms with Gasteiger partial charge in [-0.15, -0.1) is 0 Å². The van der Waals surface area contributed by atoms with Crippen molar-refractivity contribution in [2.75, 3.05) is 18.6 Å². The number of alkyl halides is 2. The Kier molecular flexibility index (Phi) is 9.52. The molecule has 1 amide bonds. The Labute approximate surface area is 160 Å². The summed E-state index contributed by atoms with van der Waals surface area (Å²) in [4.78, 5) is 15.9. The van der Waals surface area contributed by atoms with Crippen LogP contribution in [0.4, 0.5) is 8.78 Å². The molecule has 0 bridgehead atoms. The van der Waals surface area contributed by atoms with E-state index in [2.05, 4.69) is 15.0 Å². The SMILES string of the molecule is CS(=O)(=O)NC=N[C@@H](CSCc1ccccc1OC(F)F)C(=O)NCC#N. The second-order valence-corrected chi connectivity index (χ2v) is 7.87. The number of para-hydroxylation sites is 1. The molecule has 0 saturated carbocycles. The van der Waals surface area contributed by atoms with Crippen LogP contribution in [0.2, 0.25) is 0 Å². The van der Waals surface area contributed by atoms with E-state index in [1.807, 2.05) is 4.72 Å². The third-order valence-corrected chi connectivity index (χ3v) is 4.49. The Morgan fingerprint density at radius 3 is 2.78 bits per heavy atom. The topological polar surface area (TPSA) is 121 Å². The zero-order valence-electron chi connectivity index (χ0n) is 14.3. The molecule has 0 fully saturated rings. The molecule has 1 rings (SSSR count). The fourth-order valence-corrected chi connectivity index (χ4v) is 3.05. The van der Waals surface area contributed by atoms with Gasteiger partial charge in [0.25, 0.3) is 0 Å². The first-order valence-corrected chi connectivity index (χ1v) is 10.5. The molecule has 27 heavy (non-hydrogen) atoms. The van der Waals surface area contributed by atoms with E-state index in [9.17, 15) is 22.0 Å². The van der Waals surface area contributed by atoms with E-state index < -0.39 is 28.6 Å². The zero-order chi connectivity index (χ0) is 20.3. The maximum absolute atomic E-state index is 12.4. The van der Waals surface area contributed by atoms with Crippen LogP contribution in [0.15, 0.2) is 29.3 Å². The highest BCUT2D eigenvalue weighted by Gasteiger charge is 2.17. The lowest BCUT2D eigenvalue weighted by molar-refractivity contribution is -0.121. The average molecular weight is 420 g/mol. The highest BCUT2D eigenvalue weighted by Crippen LogP contribution is 2.25. The molecular formula is C15H18F2N4O4S2. The minimum atomic E-state index is -3.52. The molecule has 0 spiro atoms. The predicted octanol–water partition coefficient (Wildman–Crippen LogP) is 1.11. The lowest BCUT2D eigenvalue weighted by Gasteiger charge is -2.13. The van der Waals surface area contributed by atoms with Gasteiger partial charge in [-0.05, 0) is 6.07 Å². The van der Waals surface area contributed by atoms with E-state index in [1.165, 1.54) is 17.8 Å². The van der Waals surface area contributed by atoms with Gasteiger partial charge in [0.15, 0.2) is 0 Å². The standard InChI is InChI=1S/C15H18F2N4O4S2/c1-27(23,24)21-10-20-12(14(22)19-7-6-18)9-26-8-11-4-2-3-5-13(11)25-15(16)17/h2-5,10,12,15H,7-9H2,1H3,(H,19,22)(H,20,21)/t12-/m0/s1. The van der Waals surface area contributed by atoms with Crippen LogP contribution in [0, 0.1) is 11.3 Å². The molecule has 0 aliphatic heterocycles. The highest BCUT2D eigenvalue weighted by molar-refractivity contribution is 7.98. The van der Waals surface area contributed by atoms with Crippen LogP contribution in [-0.4, -0.2) is 51.9 Å². The third kappa shape index (κ3) is 9.76. The number of thioether (sulfide) groups is 1. The number of halogens is 2. The van der Waals surface area contributed by atoms with E-state index in [0.717, 1.165) is 12.6 Å². The third-order valence-electron chi connectivity index (χ3n) is 2.89. The maximum Gasteiger partial charge on any atom is 0.387 e. The van der Waals surface area contributed by atoms with Gasteiger partial charge in [-0.2, -0.15) is 25.8 Å². The minimum absolute atomic E-state index is 0.0349. The summed E-state index contributed by atoms with van der Waals surface area (Å²) in [7, 11) is -3.52. The Balaban J connectivity index is 2.73. The summed E-state index contributed by atoms with van der Waals surface area (Å²) in [6.45, 7) is -3.17. The molecule has 0 aliphatic carbocycles. The quantitative estimate of drug-likeness (QED) is 0.314. The van der Waals surface area contributed by atoms with Gasteiger partial charge in [-0.1, -0.05) is 18.2 Å². The molecule has 2 N–H and O–H groups in total. The van der Waals surface area contributed by atoms with Crippen LogP contribution in [0.5, 0.6) is 5.75 Å². The summed E-state index contributed by atoms with van der Waals surface area (Å²) in [6, 6.07) is 7.03. The predicted molar refractivity (Wildman–Crippen MR) is 98.1 cm³/mol. The maximum atomic E-state index is 12.4. The van der Waals surface area contributed by atoms with Gasteiger partial charge >= 0.3 is 6.61 Å². The molecule has 0 aromatic heterocycles. The van der Waals surface area contributed by atoms with Crippen molar-refractivity contribution < 1.29 is 26.7 Å². The summed E-state index contributed by atoms with van der Waals surface area (Å²) in [5.41, 5.74) is 0.511. The van der Waals surface area contributed by atoms with Crippen LogP contribution < -0.4 is 14.8 Å². The van der Waals surface area contributed by atoms with Crippen LogP contribution in [0.3, 0.4) is 0 Å². The van der Waals surface area contributed by atoms with Crippen molar-refractivity contribution in [2.45, 2.75) is 18.4 Å². The second kappa shape index (κ2) is 11.3. The molecule has 1 atom stereocenters. The van der Waals surface area contributed by atoms with Gasteiger partial charge in [-0.3, -0.25) is 14.5 Å². The molecule has 1 aromatic rings. The molecule has 1 aromatic carbocycles. The Morgan fingerprint density at radius 1 is 1.44 bits per heavy atom.